The fourth-order valence-electron chi connectivity index (χ4n) is 2.38. The topological polar surface area (TPSA) is 6.48 Å². The lowest BCUT2D eigenvalue weighted by atomic mass is 10.0. The third kappa shape index (κ3) is 3.58. The average Bonchev–Trinajstić information content (AvgIpc) is 2.17. The van der Waals surface area contributed by atoms with Gasteiger partial charge in [0.2, 0.25) is 0 Å². The Labute approximate surface area is 89.3 Å². The molecule has 1 rings (SSSR count). The third-order valence-electron chi connectivity index (χ3n) is 3.02. The molecule has 0 spiro atoms. The van der Waals surface area contributed by atoms with Crippen molar-refractivity contribution in [3.63, 3.8) is 0 Å². The van der Waals surface area contributed by atoms with Gasteiger partial charge in [0.15, 0.2) is 0 Å². The summed E-state index contributed by atoms with van der Waals surface area (Å²) in [5.74, 6) is 0. The van der Waals surface area contributed by atoms with Gasteiger partial charge in [-0.1, -0.05) is 13.8 Å². The van der Waals surface area contributed by atoms with Gasteiger partial charge in [0.1, 0.15) is 0 Å². The molecule has 1 aliphatic rings. The van der Waals surface area contributed by atoms with Crippen LogP contribution in [0.15, 0.2) is 0 Å². The van der Waals surface area contributed by atoms with E-state index in [1.807, 2.05) is 0 Å². The highest BCUT2D eigenvalue weighted by Crippen LogP contribution is 2.15. The van der Waals surface area contributed by atoms with Crippen LogP contribution in [0, 0.1) is 7.05 Å². The van der Waals surface area contributed by atoms with Gasteiger partial charge in [-0.05, 0) is 45.3 Å². The van der Waals surface area contributed by atoms with Crippen LogP contribution in [0.2, 0.25) is 0 Å². The van der Waals surface area contributed by atoms with Crippen LogP contribution in [0.5, 0.6) is 0 Å². The van der Waals surface area contributed by atoms with Crippen molar-refractivity contribution in [1.29, 1.82) is 0 Å². The lowest BCUT2D eigenvalue weighted by molar-refractivity contribution is 0.120. The minimum Gasteiger partial charge on any atom is -0.301 e. The second-order valence-electron chi connectivity index (χ2n) is 4.41. The maximum atomic E-state index is 4.06. The molecule has 1 atom stereocenters. The Morgan fingerprint density at radius 1 is 1.29 bits per heavy atom. The van der Waals surface area contributed by atoms with Crippen molar-refractivity contribution in [2.24, 2.45) is 0 Å². The second-order valence-corrected chi connectivity index (χ2v) is 4.41. The van der Waals surface area contributed by atoms with Gasteiger partial charge in [-0.3, -0.25) is 4.90 Å². The van der Waals surface area contributed by atoms with E-state index in [1.165, 1.54) is 51.9 Å². The van der Waals surface area contributed by atoms with Gasteiger partial charge in [-0.15, -0.1) is 0 Å². The van der Waals surface area contributed by atoms with Crippen LogP contribution in [0.3, 0.4) is 0 Å². The Bertz CT molecular complexity index is 139. The molecule has 0 saturated carbocycles. The molecule has 0 aromatic carbocycles. The summed E-state index contributed by atoms with van der Waals surface area (Å²) >= 11 is 0. The highest BCUT2D eigenvalue weighted by atomic mass is 15.2. The molecule has 2 nitrogen and oxygen atoms in total. The van der Waals surface area contributed by atoms with E-state index in [2.05, 4.69) is 30.7 Å². The molecule has 0 bridgehead atoms. The van der Waals surface area contributed by atoms with E-state index in [1.54, 1.807) is 0 Å². The molecule has 1 heterocycles. The van der Waals surface area contributed by atoms with Crippen molar-refractivity contribution in [3.8, 4) is 0 Å². The van der Waals surface area contributed by atoms with E-state index in [-0.39, 0.29) is 0 Å². The van der Waals surface area contributed by atoms with Gasteiger partial charge in [0, 0.05) is 19.6 Å². The Morgan fingerprint density at radius 3 is 2.43 bits per heavy atom. The number of piperidine rings is 1. The molecule has 1 unspecified atom stereocenters. The molecular formula is C12H25N2. The molecule has 0 aromatic rings. The fourth-order valence-corrected chi connectivity index (χ4v) is 2.38. The summed E-state index contributed by atoms with van der Waals surface area (Å²) in [7, 11) is 4.06. The lowest BCUT2D eigenvalue weighted by Crippen LogP contribution is -2.46. The molecule has 1 aliphatic heterocycles. The van der Waals surface area contributed by atoms with Crippen molar-refractivity contribution >= 4 is 0 Å². The molecule has 0 aliphatic carbocycles. The summed E-state index contributed by atoms with van der Waals surface area (Å²) in [5, 5.41) is 0. The molecule has 0 amide bonds. The van der Waals surface area contributed by atoms with Crippen molar-refractivity contribution in [2.75, 3.05) is 26.2 Å². The molecule has 1 saturated heterocycles. The van der Waals surface area contributed by atoms with E-state index in [4.69, 9.17) is 0 Å². The molecule has 2 heteroatoms. The Balaban J connectivity index is 2.39. The zero-order valence-electron chi connectivity index (χ0n) is 9.84. The van der Waals surface area contributed by atoms with Gasteiger partial charge in [-0.2, -0.15) is 0 Å². The standard InChI is InChI=1S/C12H25N2/c1-4-8-14(9-5-2)12-7-6-10-13(3)11-12/h12H,3-11H2,1-2H3. The maximum Gasteiger partial charge on any atom is 0.0223 e. The van der Waals surface area contributed by atoms with Crippen LogP contribution < -0.4 is 0 Å². The monoisotopic (exact) mass is 197 g/mol. The van der Waals surface area contributed by atoms with Crippen LogP contribution in [0.4, 0.5) is 0 Å². The molecule has 1 radical (unpaired) electrons. The molecule has 83 valence electrons. The van der Waals surface area contributed by atoms with Crippen molar-refractivity contribution in [3.05, 3.63) is 7.05 Å². The van der Waals surface area contributed by atoms with Crippen LogP contribution in [-0.2, 0) is 0 Å². The van der Waals surface area contributed by atoms with E-state index in [0.29, 0.717) is 0 Å². The zero-order valence-corrected chi connectivity index (χ0v) is 9.84. The first-order valence-electron chi connectivity index (χ1n) is 6.07. The number of rotatable bonds is 5. The van der Waals surface area contributed by atoms with E-state index < -0.39 is 0 Å². The summed E-state index contributed by atoms with van der Waals surface area (Å²) in [6.45, 7) is 9.40. The summed E-state index contributed by atoms with van der Waals surface area (Å²) in [4.78, 5) is 4.88. The normalized spacial score (nSPS) is 24.4. The van der Waals surface area contributed by atoms with Crippen LogP contribution in [0.25, 0.3) is 0 Å². The van der Waals surface area contributed by atoms with Crippen LogP contribution >= 0.6 is 0 Å². The van der Waals surface area contributed by atoms with Crippen molar-refractivity contribution in [1.82, 2.24) is 9.80 Å². The summed E-state index contributed by atoms with van der Waals surface area (Å²) < 4.78 is 0. The number of likely N-dealkylation sites (tertiary alicyclic amines) is 1. The molecule has 0 aromatic heterocycles. The first-order chi connectivity index (χ1) is 6.77. The van der Waals surface area contributed by atoms with Crippen LogP contribution in [-0.4, -0.2) is 42.0 Å². The van der Waals surface area contributed by atoms with E-state index in [9.17, 15) is 0 Å². The summed E-state index contributed by atoms with van der Waals surface area (Å²) in [6, 6.07) is 0.765. The maximum absolute atomic E-state index is 4.06. The van der Waals surface area contributed by atoms with Gasteiger partial charge in [0.25, 0.3) is 0 Å². The SMILES string of the molecule is [CH2]N1CCCC(N(CCC)CCC)C1. The molecular weight excluding hydrogens is 172 g/mol. The second kappa shape index (κ2) is 6.41. The average molecular weight is 197 g/mol. The van der Waals surface area contributed by atoms with Crippen molar-refractivity contribution < 1.29 is 0 Å². The minimum absolute atomic E-state index is 0.765. The summed E-state index contributed by atoms with van der Waals surface area (Å²) in [6.07, 6.45) is 5.23. The minimum atomic E-state index is 0.765. The number of hydrogen-bond donors (Lipinski definition) is 0. The van der Waals surface area contributed by atoms with E-state index >= 15 is 0 Å². The zero-order chi connectivity index (χ0) is 10.4. The number of hydrogen-bond acceptors (Lipinski definition) is 2. The highest BCUT2D eigenvalue weighted by molar-refractivity contribution is 4.80. The lowest BCUT2D eigenvalue weighted by Gasteiger charge is -2.37. The van der Waals surface area contributed by atoms with Gasteiger partial charge >= 0.3 is 0 Å². The smallest absolute Gasteiger partial charge is 0.0223 e. The predicted octanol–water partition coefficient (Wildman–Crippen LogP) is 2.36. The first-order valence-corrected chi connectivity index (χ1v) is 6.07. The first kappa shape index (κ1) is 12.0. The fraction of sp³-hybridized carbons (Fsp3) is 0.917. The highest BCUT2D eigenvalue weighted by Gasteiger charge is 2.22. The Kier molecular flexibility index (Phi) is 5.49. The Morgan fingerprint density at radius 2 is 1.93 bits per heavy atom. The van der Waals surface area contributed by atoms with Gasteiger partial charge < -0.3 is 4.90 Å². The molecule has 1 fully saturated rings. The third-order valence-corrected chi connectivity index (χ3v) is 3.02. The quantitative estimate of drug-likeness (QED) is 0.667. The molecule has 0 N–H and O–H groups in total. The number of nitrogens with zero attached hydrogens (tertiary/aromatic N) is 2. The van der Waals surface area contributed by atoms with Gasteiger partial charge in [0.05, 0.1) is 0 Å². The van der Waals surface area contributed by atoms with Gasteiger partial charge in [-0.25, -0.2) is 0 Å². The predicted molar refractivity (Wildman–Crippen MR) is 62.1 cm³/mol. The Hall–Kier alpha value is -0.0800. The molecule has 14 heavy (non-hydrogen) atoms. The summed E-state index contributed by atoms with van der Waals surface area (Å²) in [5.41, 5.74) is 0. The van der Waals surface area contributed by atoms with Crippen molar-refractivity contribution in [2.45, 2.75) is 45.6 Å². The largest absolute Gasteiger partial charge is 0.301 e. The van der Waals surface area contributed by atoms with E-state index in [0.717, 1.165) is 6.04 Å². The van der Waals surface area contributed by atoms with Crippen LogP contribution in [0.1, 0.15) is 39.5 Å².